The quantitative estimate of drug-likeness (QED) is 0.394. The van der Waals surface area contributed by atoms with Crippen LogP contribution in [0.3, 0.4) is 0 Å². The van der Waals surface area contributed by atoms with Gasteiger partial charge in [0.1, 0.15) is 12.2 Å². The zero-order valence-corrected chi connectivity index (χ0v) is 22.6. The molecular formula is C27H38BrN3O3. The van der Waals surface area contributed by atoms with Crippen LogP contribution in [-0.4, -0.2) is 43.8 Å². The van der Waals surface area contributed by atoms with Gasteiger partial charge in [-0.1, -0.05) is 28.9 Å². The van der Waals surface area contributed by atoms with Crippen LogP contribution in [0.1, 0.15) is 62.5 Å². The minimum Gasteiger partial charge on any atom is -0.488 e. The molecule has 1 heterocycles. The van der Waals surface area contributed by atoms with Crippen molar-refractivity contribution in [3.8, 4) is 11.5 Å². The third-order valence-corrected chi connectivity index (χ3v) is 6.18. The zero-order chi connectivity index (χ0) is 24.9. The van der Waals surface area contributed by atoms with E-state index in [2.05, 4.69) is 46.1 Å². The number of amides is 1. The molecule has 0 saturated heterocycles. The van der Waals surface area contributed by atoms with Crippen molar-refractivity contribution in [1.82, 2.24) is 5.32 Å². The van der Waals surface area contributed by atoms with E-state index in [1.165, 1.54) is 5.56 Å². The van der Waals surface area contributed by atoms with Gasteiger partial charge in [-0.25, -0.2) is 0 Å². The first kappa shape index (κ1) is 26.4. The van der Waals surface area contributed by atoms with Crippen molar-refractivity contribution in [3.63, 3.8) is 0 Å². The molecule has 6 nitrogen and oxygen atoms in total. The molecule has 0 bridgehead atoms. The average Bonchev–Trinajstić information content (AvgIpc) is 3.13. The summed E-state index contributed by atoms with van der Waals surface area (Å²) in [5, 5.41) is 3.52. The Balaban J connectivity index is 1.57. The standard InChI is InChI=1S/C27H38BrN3O3/c1-6-11-31-12-9-20-15-19(16-22(25(20)31)26(29)32)14-18(2)30-10-13-33-23-8-7-21(28)17-24(23)34-27(3,4)5/h7-8,15-18,30H,6,9-14H2,1-5H3,(H2,29,32)/t18-/m1/s1. The molecule has 34 heavy (non-hydrogen) atoms. The molecular weight excluding hydrogens is 494 g/mol. The molecule has 2 aromatic carbocycles. The van der Waals surface area contributed by atoms with Crippen LogP contribution in [0.25, 0.3) is 0 Å². The summed E-state index contributed by atoms with van der Waals surface area (Å²) in [5.74, 6) is 1.11. The van der Waals surface area contributed by atoms with Crippen LogP contribution in [0.2, 0.25) is 0 Å². The first-order valence-electron chi connectivity index (χ1n) is 12.1. The predicted octanol–water partition coefficient (Wildman–Crippen LogP) is 5.10. The highest BCUT2D eigenvalue weighted by molar-refractivity contribution is 9.10. The van der Waals surface area contributed by atoms with Gasteiger partial charge in [0.15, 0.2) is 11.5 Å². The third-order valence-electron chi connectivity index (χ3n) is 5.69. The molecule has 0 radical (unpaired) electrons. The lowest BCUT2D eigenvalue weighted by Crippen LogP contribution is -2.32. The van der Waals surface area contributed by atoms with Crippen molar-refractivity contribution in [1.29, 1.82) is 0 Å². The smallest absolute Gasteiger partial charge is 0.250 e. The highest BCUT2D eigenvalue weighted by Gasteiger charge is 2.25. The summed E-state index contributed by atoms with van der Waals surface area (Å²) in [6.07, 6.45) is 2.83. The SMILES string of the molecule is CCCN1CCc2cc(C[C@@H](C)NCCOc3ccc(Br)cc3OC(C)(C)C)cc(C(N)=O)c21. The molecule has 0 aliphatic carbocycles. The van der Waals surface area contributed by atoms with Crippen LogP contribution in [0.15, 0.2) is 34.8 Å². The normalized spacial score (nSPS) is 14.1. The summed E-state index contributed by atoms with van der Waals surface area (Å²) in [5.41, 5.74) is 9.50. The van der Waals surface area contributed by atoms with Crippen molar-refractivity contribution in [3.05, 3.63) is 51.5 Å². The molecule has 1 amide bonds. The minimum absolute atomic E-state index is 0.228. The fourth-order valence-corrected chi connectivity index (χ4v) is 4.73. The van der Waals surface area contributed by atoms with Crippen LogP contribution in [0.4, 0.5) is 5.69 Å². The van der Waals surface area contributed by atoms with E-state index >= 15 is 0 Å². The molecule has 3 N–H and O–H groups in total. The number of primary amides is 1. The van der Waals surface area contributed by atoms with Gasteiger partial charge in [-0.2, -0.15) is 0 Å². The molecule has 7 heteroatoms. The van der Waals surface area contributed by atoms with Gasteiger partial charge in [0.25, 0.3) is 5.91 Å². The van der Waals surface area contributed by atoms with E-state index < -0.39 is 0 Å². The van der Waals surface area contributed by atoms with E-state index in [-0.39, 0.29) is 17.6 Å². The number of benzene rings is 2. The molecule has 1 aliphatic heterocycles. The Bertz CT molecular complexity index is 1000. The molecule has 0 unspecified atom stereocenters. The van der Waals surface area contributed by atoms with Crippen molar-refractivity contribution >= 4 is 27.5 Å². The van der Waals surface area contributed by atoms with Crippen LogP contribution in [-0.2, 0) is 12.8 Å². The largest absolute Gasteiger partial charge is 0.488 e. The van der Waals surface area contributed by atoms with Crippen LogP contribution in [0.5, 0.6) is 11.5 Å². The lowest BCUT2D eigenvalue weighted by Gasteiger charge is -2.23. The zero-order valence-electron chi connectivity index (χ0n) is 21.0. The number of hydrogen-bond donors (Lipinski definition) is 2. The second-order valence-corrected chi connectivity index (χ2v) is 10.9. The number of nitrogens with one attached hydrogen (secondary N) is 1. The summed E-state index contributed by atoms with van der Waals surface area (Å²) in [7, 11) is 0. The molecule has 1 aliphatic rings. The van der Waals surface area contributed by atoms with Crippen LogP contribution in [0, 0.1) is 0 Å². The number of nitrogens with zero attached hydrogens (tertiary/aromatic N) is 1. The number of halogens is 1. The maximum Gasteiger partial charge on any atom is 0.250 e. The number of ether oxygens (including phenoxy) is 2. The molecule has 0 aromatic heterocycles. The van der Waals surface area contributed by atoms with Gasteiger partial charge < -0.3 is 25.4 Å². The minimum atomic E-state index is -0.349. The second kappa shape index (κ2) is 11.5. The van der Waals surface area contributed by atoms with E-state index in [0.29, 0.717) is 18.7 Å². The fraction of sp³-hybridized carbons (Fsp3) is 0.519. The Hall–Kier alpha value is -2.25. The summed E-state index contributed by atoms with van der Waals surface area (Å²) < 4.78 is 13.0. The number of anilines is 1. The van der Waals surface area contributed by atoms with Gasteiger partial charge in [0, 0.05) is 30.1 Å². The van der Waals surface area contributed by atoms with E-state index in [1.807, 2.05) is 45.0 Å². The Kier molecular flexibility index (Phi) is 8.88. The van der Waals surface area contributed by atoms with E-state index in [9.17, 15) is 4.79 Å². The monoisotopic (exact) mass is 531 g/mol. The Morgan fingerprint density at radius 1 is 1.24 bits per heavy atom. The predicted molar refractivity (Wildman–Crippen MR) is 142 cm³/mol. The number of hydrogen-bond acceptors (Lipinski definition) is 5. The van der Waals surface area contributed by atoms with Crippen molar-refractivity contribution < 1.29 is 14.3 Å². The molecule has 186 valence electrons. The second-order valence-electron chi connectivity index (χ2n) is 9.97. The van der Waals surface area contributed by atoms with E-state index in [0.717, 1.165) is 59.6 Å². The molecule has 0 saturated carbocycles. The van der Waals surface area contributed by atoms with Gasteiger partial charge in [0.2, 0.25) is 0 Å². The van der Waals surface area contributed by atoms with Crippen molar-refractivity contribution in [2.75, 3.05) is 31.1 Å². The number of rotatable bonds is 11. The molecule has 0 fully saturated rings. The molecule has 1 atom stereocenters. The fourth-order valence-electron chi connectivity index (χ4n) is 4.39. The average molecular weight is 533 g/mol. The molecule has 0 spiro atoms. The van der Waals surface area contributed by atoms with Crippen LogP contribution >= 0.6 is 15.9 Å². The van der Waals surface area contributed by atoms with Gasteiger partial charge >= 0.3 is 0 Å². The van der Waals surface area contributed by atoms with Crippen molar-refractivity contribution in [2.24, 2.45) is 5.73 Å². The Labute approximate surface area is 212 Å². The highest BCUT2D eigenvalue weighted by atomic mass is 79.9. The topological polar surface area (TPSA) is 76.8 Å². The lowest BCUT2D eigenvalue weighted by molar-refractivity contribution is 0.100. The first-order chi connectivity index (χ1) is 16.1. The number of carbonyl (C=O) groups excluding carboxylic acids is 1. The van der Waals surface area contributed by atoms with Gasteiger partial charge in [-0.3, -0.25) is 4.79 Å². The third kappa shape index (κ3) is 7.12. The lowest BCUT2D eigenvalue weighted by atomic mass is 9.98. The molecule has 2 aromatic rings. The van der Waals surface area contributed by atoms with Crippen LogP contribution < -0.4 is 25.4 Å². The number of nitrogens with two attached hydrogens (primary N) is 1. The summed E-state index contributed by atoms with van der Waals surface area (Å²) in [6, 6.07) is 10.2. The number of fused-ring (bicyclic) bond motifs is 1. The van der Waals surface area contributed by atoms with E-state index in [1.54, 1.807) is 0 Å². The highest BCUT2D eigenvalue weighted by Crippen LogP contribution is 2.34. The van der Waals surface area contributed by atoms with Gasteiger partial charge in [-0.05, 0) is 82.3 Å². The Morgan fingerprint density at radius 3 is 2.68 bits per heavy atom. The number of carbonyl (C=O) groups is 1. The summed E-state index contributed by atoms with van der Waals surface area (Å²) in [6.45, 7) is 13.5. The summed E-state index contributed by atoms with van der Waals surface area (Å²) >= 11 is 3.50. The maximum atomic E-state index is 12.2. The van der Waals surface area contributed by atoms with Crippen molar-refractivity contribution in [2.45, 2.75) is 65.5 Å². The summed E-state index contributed by atoms with van der Waals surface area (Å²) in [4.78, 5) is 14.5. The Morgan fingerprint density at radius 2 is 2.00 bits per heavy atom. The molecule has 3 rings (SSSR count). The van der Waals surface area contributed by atoms with Gasteiger partial charge in [-0.15, -0.1) is 0 Å². The van der Waals surface area contributed by atoms with Gasteiger partial charge in [0.05, 0.1) is 11.3 Å². The first-order valence-corrected chi connectivity index (χ1v) is 12.9. The maximum absolute atomic E-state index is 12.2. The van der Waals surface area contributed by atoms with E-state index in [4.69, 9.17) is 15.2 Å².